The maximum Gasteiger partial charge on any atom is 0.366 e. The number of fused-ring (bicyclic) bond motifs is 2. The lowest BCUT2D eigenvalue weighted by Gasteiger charge is -2.19. The number of halogens is 1. The third-order valence-electron chi connectivity index (χ3n) is 4.56. The van der Waals surface area contributed by atoms with E-state index in [-0.39, 0.29) is 46.9 Å². The van der Waals surface area contributed by atoms with Gasteiger partial charge in [0.1, 0.15) is 16.8 Å². The van der Waals surface area contributed by atoms with Crippen LogP contribution in [-0.4, -0.2) is 29.8 Å². The topological polar surface area (TPSA) is 95.7 Å². The van der Waals surface area contributed by atoms with Gasteiger partial charge in [0.15, 0.2) is 11.5 Å². The number of carbonyl (C=O) groups excluding carboxylic acids is 2. The summed E-state index contributed by atoms with van der Waals surface area (Å²) in [5.74, 6) is -1.99. The quantitative estimate of drug-likeness (QED) is 0.425. The van der Waals surface area contributed by atoms with Gasteiger partial charge in [0.05, 0.1) is 24.3 Å². The molecule has 0 atom stereocenters. The van der Waals surface area contributed by atoms with Crippen LogP contribution in [0.25, 0.3) is 11.3 Å². The van der Waals surface area contributed by atoms with Crippen molar-refractivity contribution < 1.29 is 32.0 Å². The predicted octanol–water partition coefficient (Wildman–Crippen LogP) is 4.15. The van der Waals surface area contributed by atoms with Crippen molar-refractivity contribution in [3.05, 3.63) is 71.0 Å². The largest absolute Gasteiger partial charge is 0.451 e. The second-order valence-corrected chi connectivity index (χ2v) is 8.34. The zero-order valence-corrected chi connectivity index (χ0v) is 17.1. The highest BCUT2D eigenvalue weighted by atomic mass is 31.2. The molecule has 154 valence electrons. The third kappa shape index (κ3) is 3.13. The van der Waals surface area contributed by atoms with Gasteiger partial charge in [-0.2, -0.15) is 0 Å². The van der Waals surface area contributed by atoms with Crippen LogP contribution in [0.1, 0.15) is 46.0 Å². The van der Waals surface area contributed by atoms with Crippen LogP contribution in [0.4, 0.5) is 4.39 Å². The summed E-state index contributed by atoms with van der Waals surface area (Å²) in [7, 11) is -4.06. The van der Waals surface area contributed by atoms with Gasteiger partial charge in [0, 0.05) is 11.8 Å². The van der Waals surface area contributed by atoms with Crippen LogP contribution < -0.4 is 5.30 Å². The molecule has 0 amide bonds. The normalized spacial score (nSPS) is 13.3. The molecule has 0 radical (unpaired) electrons. The van der Waals surface area contributed by atoms with Crippen molar-refractivity contribution in [1.29, 1.82) is 0 Å². The molecule has 7 nitrogen and oxygen atoms in total. The molecule has 0 aliphatic heterocycles. The molecule has 0 saturated carbocycles. The number of pyridine rings is 1. The number of carbonyl (C=O) groups is 2. The second kappa shape index (κ2) is 7.72. The number of hydrogen-bond donors (Lipinski definition) is 0. The molecule has 2 heterocycles. The Bertz CT molecular complexity index is 1190. The second-order valence-electron chi connectivity index (χ2n) is 6.38. The minimum Gasteiger partial charge on any atom is -0.451 e. The lowest BCUT2D eigenvalue weighted by atomic mass is 9.92. The molecule has 1 aliphatic rings. The van der Waals surface area contributed by atoms with E-state index in [4.69, 9.17) is 13.5 Å². The molecule has 30 heavy (non-hydrogen) atoms. The first-order valence-corrected chi connectivity index (χ1v) is 10.8. The van der Waals surface area contributed by atoms with E-state index in [1.54, 1.807) is 13.8 Å². The summed E-state index contributed by atoms with van der Waals surface area (Å²) in [5.41, 5.74) is 0.139. The smallest absolute Gasteiger partial charge is 0.366 e. The fourth-order valence-corrected chi connectivity index (χ4v) is 5.28. The number of rotatable bonds is 6. The van der Waals surface area contributed by atoms with Crippen molar-refractivity contribution in [2.24, 2.45) is 0 Å². The van der Waals surface area contributed by atoms with Crippen molar-refractivity contribution in [3.8, 4) is 11.3 Å². The van der Waals surface area contributed by atoms with E-state index < -0.39 is 25.0 Å². The highest BCUT2D eigenvalue weighted by molar-refractivity contribution is 7.62. The SMILES string of the molecule is CCOP(=O)(OCC)c1c(-c2ccc(F)cc2)oc2c1C(=O)c1ncccc1C2=O. The Labute approximate surface area is 171 Å². The third-order valence-corrected chi connectivity index (χ3v) is 6.73. The van der Waals surface area contributed by atoms with Crippen LogP contribution in [0.5, 0.6) is 0 Å². The average molecular weight is 429 g/mol. The molecule has 0 bridgehead atoms. The number of nitrogens with zero attached hydrogens (tertiary/aromatic N) is 1. The molecule has 0 saturated heterocycles. The van der Waals surface area contributed by atoms with Gasteiger partial charge in [-0.25, -0.2) is 4.39 Å². The number of hydrogen-bond acceptors (Lipinski definition) is 7. The molecular weight excluding hydrogens is 412 g/mol. The van der Waals surface area contributed by atoms with E-state index in [1.807, 2.05) is 0 Å². The Morgan fingerprint density at radius 2 is 1.67 bits per heavy atom. The summed E-state index contributed by atoms with van der Waals surface area (Å²) in [6.07, 6.45) is 1.39. The van der Waals surface area contributed by atoms with Crippen molar-refractivity contribution in [1.82, 2.24) is 4.98 Å². The highest BCUT2D eigenvalue weighted by Crippen LogP contribution is 2.52. The van der Waals surface area contributed by atoms with E-state index in [2.05, 4.69) is 4.98 Å². The van der Waals surface area contributed by atoms with Gasteiger partial charge in [-0.3, -0.25) is 19.1 Å². The molecule has 0 N–H and O–H groups in total. The first-order valence-electron chi connectivity index (χ1n) is 9.28. The molecule has 2 aromatic heterocycles. The van der Waals surface area contributed by atoms with Gasteiger partial charge in [0.2, 0.25) is 11.6 Å². The lowest BCUT2D eigenvalue weighted by molar-refractivity contribution is 0.0957. The Hall–Kier alpha value is -2.93. The average Bonchev–Trinajstić information content (AvgIpc) is 3.15. The van der Waals surface area contributed by atoms with E-state index >= 15 is 0 Å². The molecular formula is C21H17FNO6P. The van der Waals surface area contributed by atoms with Gasteiger partial charge in [-0.05, 0) is 50.2 Å². The fourth-order valence-electron chi connectivity index (χ4n) is 3.37. The monoisotopic (exact) mass is 429 g/mol. The maximum absolute atomic E-state index is 13.7. The van der Waals surface area contributed by atoms with Gasteiger partial charge in [0.25, 0.3) is 0 Å². The Balaban J connectivity index is 2.05. The number of aromatic nitrogens is 1. The predicted molar refractivity (Wildman–Crippen MR) is 106 cm³/mol. The number of ketones is 2. The minimum atomic E-state index is -4.06. The van der Waals surface area contributed by atoms with Crippen molar-refractivity contribution >= 4 is 24.5 Å². The minimum absolute atomic E-state index is 0.0249. The first kappa shape index (κ1) is 20.3. The molecule has 0 spiro atoms. The molecule has 9 heteroatoms. The molecule has 1 aliphatic carbocycles. The van der Waals surface area contributed by atoms with Crippen LogP contribution >= 0.6 is 7.60 Å². The summed E-state index contributed by atoms with van der Waals surface area (Å²) in [4.78, 5) is 30.3. The Morgan fingerprint density at radius 1 is 1.00 bits per heavy atom. The van der Waals surface area contributed by atoms with Crippen molar-refractivity contribution in [2.45, 2.75) is 13.8 Å². The molecule has 0 unspecified atom stereocenters. The van der Waals surface area contributed by atoms with Crippen LogP contribution in [0.15, 0.2) is 47.0 Å². The van der Waals surface area contributed by atoms with E-state index in [0.29, 0.717) is 5.56 Å². The highest BCUT2D eigenvalue weighted by Gasteiger charge is 2.45. The van der Waals surface area contributed by atoms with E-state index in [9.17, 15) is 18.5 Å². The summed E-state index contributed by atoms with van der Waals surface area (Å²) in [5, 5.41) is -0.150. The molecule has 0 fully saturated rings. The Kier molecular flexibility index (Phi) is 5.24. The van der Waals surface area contributed by atoms with Crippen LogP contribution in [0, 0.1) is 5.82 Å². The lowest BCUT2D eigenvalue weighted by Crippen LogP contribution is -2.27. The standard InChI is InChI=1S/C21H17FNO6P/c1-3-27-30(26,28-4-2)21-15-18(25)16-14(6-5-11-23-16)17(24)20(15)29-19(21)12-7-9-13(22)10-8-12/h5-11H,3-4H2,1-2H3. The molecule has 1 aromatic carbocycles. The van der Waals surface area contributed by atoms with Gasteiger partial charge >= 0.3 is 7.60 Å². The van der Waals surface area contributed by atoms with Gasteiger partial charge < -0.3 is 13.5 Å². The first-order chi connectivity index (χ1) is 14.4. The molecule has 4 rings (SSSR count). The fraction of sp³-hybridized carbons (Fsp3) is 0.190. The summed E-state index contributed by atoms with van der Waals surface area (Å²) in [6, 6.07) is 8.16. The van der Waals surface area contributed by atoms with Crippen LogP contribution in [-0.2, 0) is 13.6 Å². The van der Waals surface area contributed by atoms with Gasteiger partial charge in [-0.15, -0.1) is 0 Å². The maximum atomic E-state index is 13.7. The summed E-state index contributed by atoms with van der Waals surface area (Å²) in [6.45, 7) is 3.30. The summed E-state index contributed by atoms with van der Waals surface area (Å²) >= 11 is 0. The molecule has 3 aromatic rings. The zero-order valence-electron chi connectivity index (χ0n) is 16.2. The number of benzene rings is 1. The van der Waals surface area contributed by atoms with Gasteiger partial charge in [-0.1, -0.05) is 0 Å². The van der Waals surface area contributed by atoms with Crippen molar-refractivity contribution in [3.63, 3.8) is 0 Å². The van der Waals surface area contributed by atoms with E-state index in [1.165, 1.54) is 42.6 Å². The van der Waals surface area contributed by atoms with Crippen LogP contribution in [0.3, 0.4) is 0 Å². The zero-order chi connectivity index (χ0) is 21.5. The summed E-state index contributed by atoms with van der Waals surface area (Å²) < 4.78 is 43.9. The Morgan fingerprint density at radius 3 is 2.30 bits per heavy atom. The number of furan rings is 1. The van der Waals surface area contributed by atoms with Crippen LogP contribution in [0.2, 0.25) is 0 Å². The van der Waals surface area contributed by atoms with E-state index in [0.717, 1.165) is 0 Å². The van der Waals surface area contributed by atoms with Crippen molar-refractivity contribution in [2.75, 3.05) is 13.2 Å².